The predicted octanol–water partition coefficient (Wildman–Crippen LogP) is 2.85. The summed E-state index contributed by atoms with van der Waals surface area (Å²) in [5.74, 6) is 0. The molecule has 0 aliphatic carbocycles. The highest BCUT2D eigenvalue weighted by Gasteiger charge is 2.18. The van der Waals surface area contributed by atoms with E-state index in [1.54, 1.807) is 0 Å². The van der Waals surface area contributed by atoms with E-state index in [1.807, 2.05) is 27.8 Å². The second kappa shape index (κ2) is 6.39. The van der Waals surface area contributed by atoms with Crippen molar-refractivity contribution in [1.29, 1.82) is 0 Å². The van der Waals surface area contributed by atoms with E-state index in [1.165, 1.54) is 0 Å². The number of nitrogens with zero attached hydrogens (tertiary/aromatic N) is 5. The van der Waals surface area contributed by atoms with Crippen LogP contribution in [0, 0.1) is 0 Å². The van der Waals surface area contributed by atoms with Crippen molar-refractivity contribution in [3.05, 3.63) is 18.5 Å². The van der Waals surface area contributed by atoms with E-state index in [0.717, 1.165) is 50.3 Å². The molecule has 0 radical (unpaired) electrons. The Bertz CT molecular complexity index is 570. The van der Waals surface area contributed by atoms with Crippen LogP contribution in [0.5, 0.6) is 0 Å². The number of ether oxygens (including phenoxy) is 1. The van der Waals surface area contributed by atoms with Gasteiger partial charge < -0.3 is 4.74 Å². The van der Waals surface area contributed by atoms with E-state index in [-0.39, 0.29) is 0 Å². The van der Waals surface area contributed by atoms with Gasteiger partial charge in [0.25, 0.3) is 0 Å². The Morgan fingerprint density at radius 1 is 1.33 bits per heavy atom. The fraction of sp³-hybridized carbons (Fsp3) is 0.667. The molecule has 0 amide bonds. The van der Waals surface area contributed by atoms with Crippen LogP contribution in [-0.4, -0.2) is 38.0 Å². The Kier molecular flexibility index (Phi) is 4.34. The molecular formula is C15H23N5O. The lowest BCUT2D eigenvalue weighted by Gasteiger charge is -2.21. The average molecular weight is 289 g/mol. The smallest absolute Gasteiger partial charge is 0.133 e. The van der Waals surface area contributed by atoms with E-state index in [0.29, 0.717) is 12.1 Å². The van der Waals surface area contributed by atoms with Crippen molar-refractivity contribution in [2.24, 2.45) is 0 Å². The van der Waals surface area contributed by atoms with Gasteiger partial charge in [-0.15, -0.1) is 5.10 Å². The van der Waals surface area contributed by atoms with Gasteiger partial charge in [0, 0.05) is 25.5 Å². The first-order valence-electron chi connectivity index (χ1n) is 7.83. The molecule has 6 heteroatoms. The normalized spacial score (nSPS) is 18.0. The summed E-state index contributed by atoms with van der Waals surface area (Å²) in [6.45, 7) is 6.01. The van der Waals surface area contributed by atoms with Gasteiger partial charge in [-0.1, -0.05) is 18.6 Å². The highest BCUT2D eigenvalue weighted by atomic mass is 16.5. The lowest BCUT2D eigenvalue weighted by molar-refractivity contribution is 0.0657. The van der Waals surface area contributed by atoms with Crippen LogP contribution in [0.25, 0.3) is 11.4 Å². The molecule has 2 aromatic rings. The number of hydrogen-bond donors (Lipinski definition) is 0. The van der Waals surface area contributed by atoms with Gasteiger partial charge in [-0.3, -0.25) is 4.68 Å². The maximum Gasteiger partial charge on any atom is 0.133 e. The summed E-state index contributed by atoms with van der Waals surface area (Å²) in [5, 5.41) is 13.2. The Morgan fingerprint density at radius 3 is 2.90 bits per heavy atom. The van der Waals surface area contributed by atoms with E-state index >= 15 is 0 Å². The van der Waals surface area contributed by atoms with Gasteiger partial charge in [0.1, 0.15) is 11.4 Å². The molecule has 1 unspecified atom stereocenters. The van der Waals surface area contributed by atoms with Crippen LogP contribution in [0.2, 0.25) is 0 Å². The Balaban J connectivity index is 1.73. The van der Waals surface area contributed by atoms with Crippen molar-refractivity contribution in [2.45, 2.75) is 51.6 Å². The third-order valence-electron chi connectivity index (χ3n) is 4.10. The zero-order valence-corrected chi connectivity index (χ0v) is 12.8. The minimum absolute atomic E-state index is 0.404. The van der Waals surface area contributed by atoms with Crippen LogP contribution in [0.3, 0.4) is 0 Å². The van der Waals surface area contributed by atoms with Crippen molar-refractivity contribution >= 4 is 0 Å². The maximum atomic E-state index is 5.39. The molecule has 0 bridgehead atoms. The molecule has 1 aliphatic heterocycles. The molecule has 1 fully saturated rings. The Morgan fingerprint density at radius 2 is 2.14 bits per heavy atom. The molecule has 1 atom stereocenters. The molecule has 3 rings (SSSR count). The van der Waals surface area contributed by atoms with Crippen molar-refractivity contribution in [1.82, 2.24) is 24.8 Å². The Labute approximate surface area is 125 Å². The molecule has 0 saturated carbocycles. The van der Waals surface area contributed by atoms with Crippen molar-refractivity contribution < 1.29 is 4.74 Å². The molecule has 1 saturated heterocycles. The topological polar surface area (TPSA) is 57.8 Å². The first-order chi connectivity index (χ1) is 10.3. The van der Waals surface area contributed by atoms with Crippen LogP contribution < -0.4 is 0 Å². The lowest BCUT2D eigenvalue weighted by atomic mass is 10.1. The lowest BCUT2D eigenvalue weighted by Crippen LogP contribution is -2.19. The monoisotopic (exact) mass is 289 g/mol. The molecule has 3 heterocycles. The fourth-order valence-electron chi connectivity index (χ4n) is 2.79. The molecule has 114 valence electrons. The summed E-state index contributed by atoms with van der Waals surface area (Å²) in [6, 6.07) is 2.85. The minimum atomic E-state index is 0.404. The molecule has 0 N–H and O–H groups in total. The van der Waals surface area contributed by atoms with Crippen LogP contribution in [-0.2, 0) is 4.74 Å². The summed E-state index contributed by atoms with van der Waals surface area (Å²) < 4.78 is 9.37. The van der Waals surface area contributed by atoms with Gasteiger partial charge in [0.05, 0.1) is 12.2 Å². The van der Waals surface area contributed by atoms with E-state index in [9.17, 15) is 0 Å². The molecule has 0 aromatic carbocycles. The van der Waals surface area contributed by atoms with Crippen LogP contribution >= 0.6 is 0 Å². The SMILES string of the molecule is CCCC(C)n1ccc(-c2cn(C3CCOCC3)nn2)n1. The molecule has 1 aliphatic rings. The number of rotatable bonds is 5. The second-order valence-electron chi connectivity index (χ2n) is 5.75. The summed E-state index contributed by atoms with van der Waals surface area (Å²) in [6.07, 6.45) is 8.35. The summed E-state index contributed by atoms with van der Waals surface area (Å²) in [4.78, 5) is 0. The van der Waals surface area contributed by atoms with E-state index in [2.05, 4.69) is 29.3 Å². The molecular weight excluding hydrogens is 266 g/mol. The quantitative estimate of drug-likeness (QED) is 0.849. The van der Waals surface area contributed by atoms with Crippen LogP contribution in [0.4, 0.5) is 0 Å². The van der Waals surface area contributed by atoms with E-state index < -0.39 is 0 Å². The van der Waals surface area contributed by atoms with Crippen molar-refractivity contribution in [3.8, 4) is 11.4 Å². The highest BCUT2D eigenvalue weighted by Crippen LogP contribution is 2.23. The van der Waals surface area contributed by atoms with Gasteiger partial charge in [0.2, 0.25) is 0 Å². The largest absolute Gasteiger partial charge is 0.381 e. The van der Waals surface area contributed by atoms with Gasteiger partial charge in [-0.05, 0) is 32.3 Å². The first kappa shape index (κ1) is 14.3. The standard InChI is InChI=1S/C15H23N5O/c1-3-4-12(2)19-8-5-14(17-19)15-11-20(18-16-15)13-6-9-21-10-7-13/h5,8,11-13H,3-4,6-7,9-10H2,1-2H3. The van der Waals surface area contributed by atoms with Gasteiger partial charge >= 0.3 is 0 Å². The summed E-state index contributed by atoms with van der Waals surface area (Å²) in [7, 11) is 0. The maximum absolute atomic E-state index is 5.39. The fourth-order valence-corrected chi connectivity index (χ4v) is 2.79. The van der Waals surface area contributed by atoms with Crippen molar-refractivity contribution in [2.75, 3.05) is 13.2 Å². The molecule has 21 heavy (non-hydrogen) atoms. The van der Waals surface area contributed by atoms with Crippen LogP contribution in [0.15, 0.2) is 18.5 Å². The van der Waals surface area contributed by atoms with Gasteiger partial charge in [0.15, 0.2) is 0 Å². The highest BCUT2D eigenvalue weighted by molar-refractivity contribution is 5.51. The summed E-state index contributed by atoms with van der Waals surface area (Å²) in [5.41, 5.74) is 1.75. The zero-order chi connectivity index (χ0) is 14.7. The number of hydrogen-bond acceptors (Lipinski definition) is 4. The first-order valence-corrected chi connectivity index (χ1v) is 7.83. The van der Waals surface area contributed by atoms with Crippen molar-refractivity contribution in [3.63, 3.8) is 0 Å². The van der Waals surface area contributed by atoms with Crippen LogP contribution in [0.1, 0.15) is 51.6 Å². The van der Waals surface area contributed by atoms with E-state index in [4.69, 9.17) is 4.74 Å². The molecule has 2 aromatic heterocycles. The zero-order valence-electron chi connectivity index (χ0n) is 12.8. The third-order valence-corrected chi connectivity index (χ3v) is 4.10. The summed E-state index contributed by atoms with van der Waals surface area (Å²) >= 11 is 0. The third kappa shape index (κ3) is 3.15. The average Bonchev–Trinajstić information content (AvgIpc) is 3.17. The second-order valence-corrected chi connectivity index (χ2v) is 5.75. The minimum Gasteiger partial charge on any atom is -0.381 e. The predicted molar refractivity (Wildman–Crippen MR) is 80.0 cm³/mol. The molecule has 6 nitrogen and oxygen atoms in total. The van der Waals surface area contributed by atoms with Gasteiger partial charge in [-0.2, -0.15) is 5.10 Å². The Hall–Kier alpha value is -1.69. The number of aromatic nitrogens is 5. The van der Waals surface area contributed by atoms with Gasteiger partial charge in [-0.25, -0.2) is 4.68 Å². The molecule has 0 spiro atoms.